The predicted octanol–water partition coefficient (Wildman–Crippen LogP) is 1.98. The zero-order valence-electron chi connectivity index (χ0n) is 11.1. The number of nitrogens with zero attached hydrogens (tertiary/aromatic N) is 2. The van der Waals surface area contributed by atoms with Crippen molar-refractivity contribution in [3.05, 3.63) is 53.3 Å². The van der Waals surface area contributed by atoms with Crippen molar-refractivity contribution in [2.24, 2.45) is 0 Å². The maximum atomic E-state index is 11.7. The quantitative estimate of drug-likeness (QED) is 0.862. The van der Waals surface area contributed by atoms with Gasteiger partial charge in [-0.25, -0.2) is 9.59 Å². The molecule has 0 radical (unpaired) electrons. The third-order valence-corrected chi connectivity index (χ3v) is 3.00. The topological polar surface area (TPSA) is 81.4 Å². The van der Waals surface area contributed by atoms with Crippen LogP contribution in [0.15, 0.2) is 36.4 Å². The second kappa shape index (κ2) is 5.56. The van der Waals surface area contributed by atoms with Gasteiger partial charge in [0.25, 0.3) is 0 Å². The van der Waals surface area contributed by atoms with Crippen LogP contribution in [-0.2, 0) is 4.74 Å². The van der Waals surface area contributed by atoms with Gasteiger partial charge in [-0.05, 0) is 12.5 Å². The molecule has 0 amide bonds. The van der Waals surface area contributed by atoms with Crippen LogP contribution in [0.3, 0.4) is 0 Å². The van der Waals surface area contributed by atoms with E-state index in [2.05, 4.69) is 9.84 Å². The van der Waals surface area contributed by atoms with Crippen LogP contribution in [0.2, 0.25) is 0 Å². The van der Waals surface area contributed by atoms with Crippen LogP contribution < -0.4 is 0 Å². The molecule has 0 bridgehead atoms. The number of carboxylic acid groups (broad SMARTS) is 1. The van der Waals surface area contributed by atoms with E-state index in [-0.39, 0.29) is 17.4 Å². The maximum Gasteiger partial charge on any atom is 0.356 e. The highest BCUT2D eigenvalue weighted by Crippen LogP contribution is 2.20. The molecule has 0 saturated heterocycles. The Labute approximate surface area is 115 Å². The van der Waals surface area contributed by atoms with Gasteiger partial charge < -0.3 is 9.84 Å². The van der Waals surface area contributed by atoms with Gasteiger partial charge in [-0.3, -0.25) is 4.68 Å². The number of aromatic nitrogens is 2. The SMILES string of the molecule is COC(=O)c1cc(C(=O)O)nn1[C@@H](C)c1ccccc1. The second-order valence-electron chi connectivity index (χ2n) is 4.24. The van der Waals surface area contributed by atoms with E-state index in [9.17, 15) is 9.59 Å². The zero-order chi connectivity index (χ0) is 14.7. The average Bonchev–Trinajstić information content (AvgIpc) is 2.92. The van der Waals surface area contributed by atoms with Crippen LogP contribution in [0.1, 0.15) is 39.5 Å². The summed E-state index contributed by atoms with van der Waals surface area (Å²) in [6.45, 7) is 1.83. The number of carbonyl (C=O) groups excluding carboxylic acids is 1. The third-order valence-electron chi connectivity index (χ3n) is 3.00. The maximum absolute atomic E-state index is 11.7. The number of ether oxygens (including phenoxy) is 1. The fraction of sp³-hybridized carbons (Fsp3) is 0.214. The van der Waals surface area contributed by atoms with Crippen molar-refractivity contribution in [1.82, 2.24) is 9.78 Å². The summed E-state index contributed by atoms with van der Waals surface area (Å²) in [7, 11) is 1.24. The number of methoxy groups -OCH3 is 1. The highest BCUT2D eigenvalue weighted by molar-refractivity contribution is 5.92. The molecule has 1 aromatic heterocycles. The standard InChI is InChI=1S/C14H14N2O4/c1-9(10-6-4-3-5-7-10)16-12(14(19)20-2)8-11(15-16)13(17)18/h3-9H,1-2H3,(H,17,18)/t9-/m0/s1. The zero-order valence-corrected chi connectivity index (χ0v) is 11.1. The molecule has 0 aliphatic carbocycles. The molecule has 6 nitrogen and oxygen atoms in total. The normalized spacial score (nSPS) is 11.9. The van der Waals surface area contributed by atoms with Crippen LogP contribution in [0.5, 0.6) is 0 Å². The van der Waals surface area contributed by atoms with Crippen molar-refractivity contribution >= 4 is 11.9 Å². The molecule has 1 atom stereocenters. The van der Waals surface area contributed by atoms with Gasteiger partial charge in [-0.2, -0.15) is 5.10 Å². The second-order valence-corrected chi connectivity index (χ2v) is 4.24. The Kier molecular flexibility index (Phi) is 3.84. The molecular formula is C14H14N2O4. The molecule has 1 heterocycles. The van der Waals surface area contributed by atoms with E-state index in [4.69, 9.17) is 5.11 Å². The molecule has 1 N–H and O–H groups in total. The first kappa shape index (κ1) is 13.8. The first-order valence-electron chi connectivity index (χ1n) is 6.00. The van der Waals surface area contributed by atoms with Crippen LogP contribution in [0, 0.1) is 0 Å². The Morgan fingerprint density at radius 2 is 1.95 bits per heavy atom. The molecule has 2 rings (SSSR count). The smallest absolute Gasteiger partial charge is 0.356 e. The molecule has 0 unspecified atom stereocenters. The summed E-state index contributed by atoms with van der Waals surface area (Å²) in [4.78, 5) is 22.7. The lowest BCUT2D eigenvalue weighted by Gasteiger charge is -2.14. The van der Waals surface area contributed by atoms with E-state index in [0.717, 1.165) is 5.56 Å². The van der Waals surface area contributed by atoms with E-state index in [0.29, 0.717) is 0 Å². The average molecular weight is 274 g/mol. The van der Waals surface area contributed by atoms with Gasteiger partial charge in [0.15, 0.2) is 5.69 Å². The first-order chi connectivity index (χ1) is 9.54. The van der Waals surface area contributed by atoms with Crippen molar-refractivity contribution in [1.29, 1.82) is 0 Å². The van der Waals surface area contributed by atoms with Crippen LogP contribution in [-0.4, -0.2) is 33.9 Å². The molecule has 0 spiro atoms. The van der Waals surface area contributed by atoms with Gasteiger partial charge in [0.1, 0.15) is 5.69 Å². The van der Waals surface area contributed by atoms with Gasteiger partial charge in [-0.1, -0.05) is 30.3 Å². The number of esters is 1. The minimum absolute atomic E-state index is 0.112. The summed E-state index contributed by atoms with van der Waals surface area (Å²) in [5.74, 6) is -1.80. The van der Waals surface area contributed by atoms with E-state index in [1.165, 1.54) is 17.9 Å². The molecule has 0 saturated carbocycles. The lowest BCUT2D eigenvalue weighted by Crippen LogP contribution is -2.16. The summed E-state index contributed by atoms with van der Waals surface area (Å²) >= 11 is 0. The minimum Gasteiger partial charge on any atom is -0.476 e. The number of carboxylic acids is 1. The van der Waals surface area contributed by atoms with E-state index >= 15 is 0 Å². The highest BCUT2D eigenvalue weighted by Gasteiger charge is 2.22. The van der Waals surface area contributed by atoms with Crippen LogP contribution in [0.25, 0.3) is 0 Å². The molecule has 0 fully saturated rings. The minimum atomic E-state index is -1.19. The Bertz CT molecular complexity index is 634. The molecule has 1 aromatic carbocycles. The Morgan fingerprint density at radius 3 is 2.50 bits per heavy atom. The van der Waals surface area contributed by atoms with Crippen molar-refractivity contribution in [2.75, 3.05) is 7.11 Å². The molecular weight excluding hydrogens is 260 g/mol. The van der Waals surface area contributed by atoms with Gasteiger partial charge in [0.2, 0.25) is 0 Å². The molecule has 0 aliphatic rings. The van der Waals surface area contributed by atoms with E-state index in [1.807, 2.05) is 37.3 Å². The predicted molar refractivity (Wildman–Crippen MR) is 70.8 cm³/mol. The molecule has 20 heavy (non-hydrogen) atoms. The van der Waals surface area contributed by atoms with Crippen molar-refractivity contribution in [3.8, 4) is 0 Å². The van der Waals surface area contributed by atoms with Crippen molar-refractivity contribution < 1.29 is 19.4 Å². The molecule has 2 aromatic rings. The van der Waals surface area contributed by atoms with Gasteiger partial charge in [0, 0.05) is 6.07 Å². The van der Waals surface area contributed by atoms with Crippen LogP contribution >= 0.6 is 0 Å². The lowest BCUT2D eigenvalue weighted by atomic mass is 10.1. The monoisotopic (exact) mass is 274 g/mol. The summed E-state index contributed by atoms with van der Waals surface area (Å²) in [6.07, 6.45) is 0. The van der Waals surface area contributed by atoms with Gasteiger partial charge in [0.05, 0.1) is 13.2 Å². The molecule has 104 valence electrons. The van der Waals surface area contributed by atoms with Crippen molar-refractivity contribution in [3.63, 3.8) is 0 Å². The summed E-state index contributed by atoms with van der Waals surface area (Å²) in [5, 5.41) is 13.0. The summed E-state index contributed by atoms with van der Waals surface area (Å²) < 4.78 is 6.03. The highest BCUT2D eigenvalue weighted by atomic mass is 16.5. The third kappa shape index (κ3) is 2.54. The Balaban J connectivity index is 2.49. The fourth-order valence-corrected chi connectivity index (χ4v) is 1.92. The Hall–Kier alpha value is -2.63. The summed E-state index contributed by atoms with van der Waals surface area (Å²) in [6, 6.07) is 10.3. The van der Waals surface area contributed by atoms with E-state index in [1.54, 1.807) is 0 Å². The van der Waals surface area contributed by atoms with Crippen molar-refractivity contribution in [2.45, 2.75) is 13.0 Å². The first-order valence-corrected chi connectivity index (χ1v) is 6.00. The molecule has 0 aliphatic heterocycles. The number of hydrogen-bond acceptors (Lipinski definition) is 4. The number of benzene rings is 1. The Morgan fingerprint density at radius 1 is 1.30 bits per heavy atom. The molecule has 6 heteroatoms. The number of carbonyl (C=O) groups is 2. The lowest BCUT2D eigenvalue weighted by molar-refractivity contribution is 0.0584. The fourth-order valence-electron chi connectivity index (χ4n) is 1.92. The van der Waals surface area contributed by atoms with E-state index < -0.39 is 11.9 Å². The largest absolute Gasteiger partial charge is 0.476 e. The number of hydrogen-bond donors (Lipinski definition) is 1. The summed E-state index contributed by atoms with van der Waals surface area (Å²) in [5.41, 5.74) is 0.840. The number of aromatic carboxylic acids is 1. The number of rotatable bonds is 4. The van der Waals surface area contributed by atoms with Gasteiger partial charge in [-0.15, -0.1) is 0 Å². The van der Waals surface area contributed by atoms with Gasteiger partial charge >= 0.3 is 11.9 Å². The van der Waals surface area contributed by atoms with Crippen LogP contribution in [0.4, 0.5) is 0 Å².